The van der Waals surface area contributed by atoms with Crippen LogP contribution in [0.25, 0.3) is 0 Å². The fraction of sp³-hybridized carbons (Fsp3) is 0.632. The van der Waals surface area contributed by atoms with Gasteiger partial charge in [-0.3, -0.25) is 9.69 Å². The molecule has 0 radical (unpaired) electrons. The molecule has 0 aliphatic carbocycles. The molecule has 0 spiro atoms. The Labute approximate surface area is 149 Å². The van der Waals surface area contributed by atoms with E-state index >= 15 is 0 Å². The van der Waals surface area contributed by atoms with Crippen molar-refractivity contribution in [2.45, 2.75) is 12.8 Å². The van der Waals surface area contributed by atoms with Gasteiger partial charge in [-0.05, 0) is 30.0 Å². The standard InChI is InChI=1S/C19H28N2O4/c22-14-17-13-21(12-16(17)11-20-7-9-25-10-8-20)19(24)6-3-15-1-4-18(23)5-2-15/h1-2,4-5,16-17,22-23H,3,6-14H2/t16-,17-/m0/s1. The van der Waals surface area contributed by atoms with Crippen molar-refractivity contribution in [2.24, 2.45) is 11.8 Å². The van der Waals surface area contributed by atoms with Crippen LogP contribution in [0, 0.1) is 11.8 Å². The largest absolute Gasteiger partial charge is 0.508 e. The molecule has 2 fully saturated rings. The van der Waals surface area contributed by atoms with E-state index in [2.05, 4.69) is 4.90 Å². The number of amides is 1. The predicted octanol–water partition coefficient (Wildman–Crippen LogP) is 0.724. The number of phenols is 1. The van der Waals surface area contributed by atoms with Gasteiger partial charge in [0.2, 0.25) is 5.91 Å². The summed E-state index contributed by atoms with van der Waals surface area (Å²) in [6.07, 6.45) is 1.14. The Kier molecular flexibility index (Phi) is 6.29. The van der Waals surface area contributed by atoms with E-state index in [1.54, 1.807) is 12.1 Å². The van der Waals surface area contributed by atoms with Gasteiger partial charge >= 0.3 is 0 Å². The molecule has 138 valence electrons. The van der Waals surface area contributed by atoms with E-state index in [0.29, 0.717) is 25.3 Å². The molecule has 6 nitrogen and oxygen atoms in total. The van der Waals surface area contributed by atoms with Crippen LogP contribution in [-0.4, -0.2) is 78.5 Å². The van der Waals surface area contributed by atoms with Gasteiger partial charge in [-0.15, -0.1) is 0 Å². The number of aromatic hydroxyl groups is 1. The van der Waals surface area contributed by atoms with Crippen molar-refractivity contribution in [3.63, 3.8) is 0 Å². The molecule has 6 heteroatoms. The lowest BCUT2D eigenvalue weighted by Gasteiger charge is -2.30. The van der Waals surface area contributed by atoms with Crippen LogP contribution in [0.3, 0.4) is 0 Å². The maximum Gasteiger partial charge on any atom is 0.222 e. The van der Waals surface area contributed by atoms with E-state index in [4.69, 9.17) is 4.74 Å². The first-order valence-corrected chi connectivity index (χ1v) is 9.12. The van der Waals surface area contributed by atoms with E-state index < -0.39 is 0 Å². The Morgan fingerprint density at radius 2 is 1.80 bits per heavy atom. The normalized spacial score (nSPS) is 24.6. The molecule has 0 saturated carbocycles. The number of aryl methyl sites for hydroxylation is 1. The molecule has 25 heavy (non-hydrogen) atoms. The summed E-state index contributed by atoms with van der Waals surface area (Å²) in [6, 6.07) is 7.00. The lowest BCUT2D eigenvalue weighted by Crippen LogP contribution is -2.41. The SMILES string of the molecule is O=C(CCc1ccc(O)cc1)N1C[C@@H](CO)[C@@H](CN2CCOCC2)C1. The van der Waals surface area contributed by atoms with Crippen molar-refractivity contribution in [2.75, 3.05) is 52.5 Å². The number of nitrogens with zero attached hydrogens (tertiary/aromatic N) is 2. The van der Waals surface area contributed by atoms with Crippen LogP contribution in [0.2, 0.25) is 0 Å². The molecule has 1 aromatic rings. The highest BCUT2D eigenvalue weighted by Crippen LogP contribution is 2.25. The molecule has 2 aliphatic heterocycles. The maximum absolute atomic E-state index is 12.5. The number of carbonyl (C=O) groups excluding carboxylic acids is 1. The van der Waals surface area contributed by atoms with E-state index in [1.807, 2.05) is 17.0 Å². The molecular weight excluding hydrogens is 320 g/mol. The highest BCUT2D eigenvalue weighted by atomic mass is 16.5. The van der Waals surface area contributed by atoms with Crippen molar-refractivity contribution >= 4 is 5.91 Å². The Hall–Kier alpha value is -1.63. The summed E-state index contributed by atoms with van der Waals surface area (Å²) in [5.74, 6) is 0.892. The second kappa shape index (κ2) is 8.65. The summed E-state index contributed by atoms with van der Waals surface area (Å²) in [5.41, 5.74) is 1.05. The fourth-order valence-electron chi connectivity index (χ4n) is 3.74. The predicted molar refractivity (Wildman–Crippen MR) is 94.3 cm³/mol. The van der Waals surface area contributed by atoms with Gasteiger partial charge in [-0.25, -0.2) is 0 Å². The molecule has 2 aliphatic rings. The molecular formula is C19H28N2O4. The number of hydrogen-bond acceptors (Lipinski definition) is 5. The number of aliphatic hydroxyl groups excluding tert-OH is 1. The Morgan fingerprint density at radius 1 is 1.12 bits per heavy atom. The van der Waals surface area contributed by atoms with Crippen LogP contribution in [0.15, 0.2) is 24.3 Å². The zero-order chi connectivity index (χ0) is 17.6. The topological polar surface area (TPSA) is 73.2 Å². The Morgan fingerprint density at radius 3 is 2.48 bits per heavy atom. The summed E-state index contributed by atoms with van der Waals surface area (Å²) in [5, 5.41) is 19.0. The van der Waals surface area contributed by atoms with E-state index in [0.717, 1.165) is 45.0 Å². The zero-order valence-corrected chi connectivity index (χ0v) is 14.6. The van der Waals surface area contributed by atoms with Gasteiger partial charge < -0.3 is 19.8 Å². The number of ether oxygens (including phenoxy) is 1. The Bertz CT molecular complexity index is 557. The summed E-state index contributed by atoms with van der Waals surface area (Å²) in [7, 11) is 0. The van der Waals surface area contributed by atoms with Gasteiger partial charge in [0.05, 0.1) is 13.2 Å². The minimum absolute atomic E-state index is 0.136. The second-order valence-corrected chi connectivity index (χ2v) is 7.08. The van der Waals surface area contributed by atoms with Gasteiger partial charge in [-0.1, -0.05) is 12.1 Å². The Balaban J connectivity index is 1.49. The van der Waals surface area contributed by atoms with Crippen molar-refractivity contribution in [1.29, 1.82) is 0 Å². The number of rotatable bonds is 6. The van der Waals surface area contributed by atoms with Crippen molar-refractivity contribution < 1.29 is 19.7 Å². The number of carbonyl (C=O) groups is 1. The number of morpholine rings is 1. The quantitative estimate of drug-likeness (QED) is 0.793. The molecule has 0 unspecified atom stereocenters. The monoisotopic (exact) mass is 348 g/mol. The average Bonchev–Trinajstić information content (AvgIpc) is 3.05. The molecule has 0 bridgehead atoms. The van der Waals surface area contributed by atoms with Crippen LogP contribution in [0.5, 0.6) is 5.75 Å². The summed E-state index contributed by atoms with van der Waals surface area (Å²) in [6.45, 7) is 5.86. The van der Waals surface area contributed by atoms with Gasteiger partial charge in [0.15, 0.2) is 0 Å². The first kappa shape index (κ1) is 18.2. The van der Waals surface area contributed by atoms with Crippen molar-refractivity contribution in [3.8, 4) is 5.75 Å². The smallest absolute Gasteiger partial charge is 0.222 e. The minimum atomic E-state index is 0.136. The summed E-state index contributed by atoms with van der Waals surface area (Å²) >= 11 is 0. The zero-order valence-electron chi connectivity index (χ0n) is 14.6. The van der Waals surface area contributed by atoms with E-state index in [-0.39, 0.29) is 24.2 Å². The fourth-order valence-corrected chi connectivity index (χ4v) is 3.74. The lowest BCUT2D eigenvalue weighted by atomic mass is 9.96. The van der Waals surface area contributed by atoms with Crippen LogP contribution in [-0.2, 0) is 16.0 Å². The number of phenolic OH excluding ortho intramolecular Hbond substituents is 1. The molecule has 0 aromatic heterocycles. The van der Waals surface area contributed by atoms with Crippen molar-refractivity contribution in [1.82, 2.24) is 9.80 Å². The van der Waals surface area contributed by atoms with Gasteiger partial charge in [0, 0.05) is 51.7 Å². The number of likely N-dealkylation sites (tertiary alicyclic amines) is 1. The van der Waals surface area contributed by atoms with Gasteiger partial charge in [-0.2, -0.15) is 0 Å². The van der Waals surface area contributed by atoms with Crippen LogP contribution >= 0.6 is 0 Å². The first-order chi connectivity index (χ1) is 12.2. The third kappa shape index (κ3) is 4.93. The second-order valence-electron chi connectivity index (χ2n) is 7.08. The maximum atomic E-state index is 12.5. The third-order valence-corrected chi connectivity index (χ3v) is 5.32. The van der Waals surface area contributed by atoms with Gasteiger partial charge in [0.1, 0.15) is 5.75 Å². The number of benzene rings is 1. The van der Waals surface area contributed by atoms with Crippen molar-refractivity contribution in [3.05, 3.63) is 29.8 Å². The van der Waals surface area contributed by atoms with Crippen LogP contribution in [0.1, 0.15) is 12.0 Å². The minimum Gasteiger partial charge on any atom is -0.508 e. The van der Waals surface area contributed by atoms with Gasteiger partial charge in [0.25, 0.3) is 0 Å². The summed E-state index contributed by atoms with van der Waals surface area (Å²) in [4.78, 5) is 16.8. The molecule has 2 atom stereocenters. The third-order valence-electron chi connectivity index (χ3n) is 5.32. The number of hydrogen-bond donors (Lipinski definition) is 2. The molecule has 1 aromatic carbocycles. The lowest BCUT2D eigenvalue weighted by molar-refractivity contribution is -0.130. The average molecular weight is 348 g/mol. The number of aliphatic hydroxyl groups is 1. The first-order valence-electron chi connectivity index (χ1n) is 9.12. The molecule has 2 N–H and O–H groups in total. The van der Waals surface area contributed by atoms with E-state index in [9.17, 15) is 15.0 Å². The molecule has 2 heterocycles. The molecule has 1 amide bonds. The molecule has 3 rings (SSSR count). The highest BCUT2D eigenvalue weighted by molar-refractivity contribution is 5.76. The van der Waals surface area contributed by atoms with Crippen LogP contribution < -0.4 is 0 Å². The van der Waals surface area contributed by atoms with Crippen LogP contribution in [0.4, 0.5) is 0 Å². The highest BCUT2D eigenvalue weighted by Gasteiger charge is 2.35. The molecule has 2 saturated heterocycles. The van der Waals surface area contributed by atoms with E-state index in [1.165, 1.54) is 0 Å². The summed E-state index contributed by atoms with van der Waals surface area (Å²) < 4.78 is 5.39.